The van der Waals surface area contributed by atoms with Crippen molar-refractivity contribution in [3.63, 3.8) is 0 Å². The van der Waals surface area contributed by atoms with Crippen LogP contribution in [-0.4, -0.2) is 24.2 Å². The average Bonchev–Trinajstić information content (AvgIpc) is 2.77. The van der Waals surface area contributed by atoms with Crippen LogP contribution in [0.25, 0.3) is 0 Å². The van der Waals surface area contributed by atoms with Gasteiger partial charge in [0.25, 0.3) is 0 Å². The molecule has 1 heterocycles. The largest absolute Gasteiger partial charge is 0.477 e. The van der Waals surface area contributed by atoms with Crippen LogP contribution in [0.2, 0.25) is 0 Å². The minimum atomic E-state index is -0.829. The van der Waals surface area contributed by atoms with E-state index in [-0.39, 0.29) is 0 Å². The van der Waals surface area contributed by atoms with Crippen molar-refractivity contribution in [2.75, 3.05) is 11.9 Å². The van der Waals surface area contributed by atoms with Crippen LogP contribution >= 0.6 is 11.3 Å². The van der Waals surface area contributed by atoms with Gasteiger partial charge < -0.3 is 10.0 Å². The third kappa shape index (κ3) is 2.86. The number of hydrogen-bond acceptors (Lipinski definition) is 3. The fourth-order valence-electron chi connectivity index (χ4n) is 2.58. The molecule has 4 heteroatoms. The van der Waals surface area contributed by atoms with Gasteiger partial charge in [-0.2, -0.15) is 0 Å². The van der Waals surface area contributed by atoms with Crippen molar-refractivity contribution in [1.29, 1.82) is 0 Å². The van der Waals surface area contributed by atoms with E-state index in [0.717, 1.165) is 5.00 Å². The van der Waals surface area contributed by atoms with Crippen LogP contribution < -0.4 is 4.90 Å². The standard InChI is InChI=1S/C14H21NO2S/c1-14(2)8-6-10(7-9-14)15(3)12-5-4-11(18-12)13(16)17/h4-5,10H,6-9H2,1-3H3,(H,16,17). The Labute approximate surface area is 112 Å². The Kier molecular flexibility index (Phi) is 3.66. The van der Waals surface area contributed by atoms with Crippen molar-refractivity contribution in [2.24, 2.45) is 5.41 Å². The molecule has 0 unspecified atom stereocenters. The number of carboxylic acids is 1. The van der Waals surface area contributed by atoms with Crippen LogP contribution in [0.5, 0.6) is 0 Å². The van der Waals surface area contributed by atoms with Crippen molar-refractivity contribution in [2.45, 2.75) is 45.6 Å². The number of nitrogens with zero attached hydrogens (tertiary/aromatic N) is 1. The lowest BCUT2D eigenvalue weighted by Gasteiger charge is -2.39. The molecule has 1 aliphatic carbocycles. The first-order valence-electron chi connectivity index (χ1n) is 6.45. The molecule has 3 nitrogen and oxygen atoms in total. The summed E-state index contributed by atoms with van der Waals surface area (Å²) < 4.78 is 0. The van der Waals surface area contributed by atoms with E-state index in [0.29, 0.717) is 16.3 Å². The van der Waals surface area contributed by atoms with Crippen molar-refractivity contribution in [3.05, 3.63) is 17.0 Å². The van der Waals surface area contributed by atoms with E-state index in [2.05, 4.69) is 25.8 Å². The molecule has 0 spiro atoms. The highest BCUT2D eigenvalue weighted by Crippen LogP contribution is 2.38. The van der Waals surface area contributed by atoms with Crippen molar-refractivity contribution < 1.29 is 9.90 Å². The Bertz CT molecular complexity index is 429. The molecule has 0 atom stereocenters. The van der Waals surface area contributed by atoms with E-state index in [4.69, 9.17) is 5.11 Å². The number of hydrogen-bond donors (Lipinski definition) is 1. The Balaban J connectivity index is 2.03. The first-order chi connectivity index (χ1) is 8.39. The predicted molar refractivity (Wildman–Crippen MR) is 75.7 cm³/mol. The minimum absolute atomic E-state index is 0.424. The fraction of sp³-hybridized carbons (Fsp3) is 0.643. The van der Waals surface area contributed by atoms with Crippen molar-refractivity contribution in [1.82, 2.24) is 0 Å². The summed E-state index contributed by atoms with van der Waals surface area (Å²) in [6, 6.07) is 4.18. The molecule has 1 aromatic rings. The molecule has 1 N–H and O–H groups in total. The molecular formula is C14H21NO2S. The molecule has 0 saturated heterocycles. The van der Waals surface area contributed by atoms with Crippen molar-refractivity contribution >= 4 is 22.3 Å². The maximum absolute atomic E-state index is 10.9. The number of carboxylic acid groups (broad SMARTS) is 1. The summed E-state index contributed by atoms with van der Waals surface area (Å²) >= 11 is 1.37. The van der Waals surface area contributed by atoms with E-state index >= 15 is 0 Å². The van der Waals surface area contributed by atoms with Crippen LogP contribution in [0.4, 0.5) is 5.00 Å². The molecule has 0 aromatic carbocycles. The van der Waals surface area contributed by atoms with Crippen LogP contribution in [0, 0.1) is 5.41 Å². The van der Waals surface area contributed by atoms with Gasteiger partial charge in [-0.25, -0.2) is 4.79 Å². The van der Waals surface area contributed by atoms with Gasteiger partial charge in [0.05, 0.1) is 5.00 Å². The Hall–Kier alpha value is -1.03. The van der Waals surface area contributed by atoms with Gasteiger partial charge in [-0.3, -0.25) is 0 Å². The Morgan fingerprint density at radius 3 is 2.50 bits per heavy atom. The molecule has 0 bridgehead atoms. The first kappa shape index (κ1) is 13.4. The molecule has 100 valence electrons. The highest BCUT2D eigenvalue weighted by molar-refractivity contribution is 7.17. The third-order valence-corrected chi connectivity index (χ3v) is 5.17. The number of aromatic carboxylic acids is 1. The smallest absolute Gasteiger partial charge is 0.345 e. The van der Waals surface area contributed by atoms with E-state index in [1.54, 1.807) is 6.07 Å². The van der Waals surface area contributed by atoms with Gasteiger partial charge in [0.1, 0.15) is 4.88 Å². The molecule has 1 aromatic heterocycles. The van der Waals surface area contributed by atoms with Crippen molar-refractivity contribution in [3.8, 4) is 0 Å². The average molecular weight is 267 g/mol. The summed E-state index contributed by atoms with van der Waals surface area (Å²) in [6.07, 6.45) is 4.89. The Morgan fingerprint density at radius 2 is 2.00 bits per heavy atom. The van der Waals surface area contributed by atoms with Crippen LogP contribution in [0.15, 0.2) is 12.1 Å². The van der Waals surface area contributed by atoms with Crippen LogP contribution in [0.3, 0.4) is 0 Å². The van der Waals surface area contributed by atoms with Crippen LogP contribution in [-0.2, 0) is 0 Å². The molecule has 0 radical (unpaired) electrons. The topological polar surface area (TPSA) is 40.5 Å². The predicted octanol–water partition coefficient (Wildman–Crippen LogP) is 3.85. The van der Waals surface area contributed by atoms with Gasteiger partial charge in [-0.15, -0.1) is 11.3 Å². The zero-order valence-electron chi connectivity index (χ0n) is 11.3. The number of thiophene rings is 1. The number of carbonyl (C=O) groups is 1. The van der Waals surface area contributed by atoms with Gasteiger partial charge >= 0.3 is 5.97 Å². The normalized spacial score (nSPS) is 19.7. The zero-order chi connectivity index (χ0) is 13.3. The second-order valence-electron chi connectivity index (χ2n) is 5.95. The molecule has 1 aliphatic rings. The van der Waals surface area contributed by atoms with E-state index < -0.39 is 5.97 Å². The second kappa shape index (κ2) is 4.92. The van der Waals surface area contributed by atoms with E-state index in [9.17, 15) is 4.79 Å². The quantitative estimate of drug-likeness (QED) is 0.904. The summed E-state index contributed by atoms with van der Waals surface area (Å²) in [5.74, 6) is -0.829. The minimum Gasteiger partial charge on any atom is -0.477 e. The summed E-state index contributed by atoms with van der Waals surface area (Å²) in [5.41, 5.74) is 0.471. The Morgan fingerprint density at radius 1 is 1.39 bits per heavy atom. The molecule has 1 fully saturated rings. The maximum Gasteiger partial charge on any atom is 0.345 e. The number of rotatable bonds is 3. The third-order valence-electron chi connectivity index (χ3n) is 4.01. The van der Waals surface area contributed by atoms with Crippen LogP contribution in [0.1, 0.15) is 49.2 Å². The van der Waals surface area contributed by atoms with Gasteiger partial charge in [-0.05, 0) is 43.2 Å². The lowest BCUT2D eigenvalue weighted by Crippen LogP contribution is -2.36. The number of anilines is 1. The SMILES string of the molecule is CN(c1ccc(C(=O)O)s1)C1CCC(C)(C)CC1. The summed E-state index contributed by atoms with van der Waals surface area (Å²) in [4.78, 5) is 13.6. The molecule has 0 aliphatic heterocycles. The zero-order valence-corrected chi connectivity index (χ0v) is 12.1. The lowest BCUT2D eigenvalue weighted by atomic mass is 9.75. The lowest BCUT2D eigenvalue weighted by molar-refractivity contribution is 0.0702. The monoisotopic (exact) mass is 267 g/mol. The van der Waals surface area contributed by atoms with E-state index in [1.807, 2.05) is 6.07 Å². The highest BCUT2D eigenvalue weighted by Gasteiger charge is 2.29. The molecule has 0 amide bonds. The molecule has 2 rings (SSSR count). The van der Waals surface area contributed by atoms with Gasteiger partial charge in [-0.1, -0.05) is 13.8 Å². The molecule has 18 heavy (non-hydrogen) atoms. The maximum atomic E-state index is 10.9. The second-order valence-corrected chi connectivity index (χ2v) is 7.01. The first-order valence-corrected chi connectivity index (χ1v) is 7.27. The van der Waals surface area contributed by atoms with E-state index in [1.165, 1.54) is 37.0 Å². The van der Waals surface area contributed by atoms with Gasteiger partial charge in [0.15, 0.2) is 0 Å². The fourth-order valence-corrected chi connectivity index (χ4v) is 3.46. The van der Waals surface area contributed by atoms with Gasteiger partial charge in [0.2, 0.25) is 0 Å². The summed E-state index contributed by atoms with van der Waals surface area (Å²) in [7, 11) is 2.08. The summed E-state index contributed by atoms with van der Waals surface area (Å²) in [6.45, 7) is 4.66. The molecule has 1 saturated carbocycles. The molecular weight excluding hydrogens is 246 g/mol. The van der Waals surface area contributed by atoms with Gasteiger partial charge in [0, 0.05) is 13.1 Å². The highest BCUT2D eigenvalue weighted by atomic mass is 32.1. The summed E-state index contributed by atoms with van der Waals surface area (Å²) in [5, 5.41) is 10.0.